The number of fused-ring (bicyclic) bond motifs is 5. The van der Waals surface area contributed by atoms with Gasteiger partial charge < -0.3 is 29.4 Å². The van der Waals surface area contributed by atoms with Gasteiger partial charge in [0.2, 0.25) is 5.91 Å². The first-order valence-corrected chi connectivity index (χ1v) is 14.2. The molecular formula is C30H37NO8. The van der Waals surface area contributed by atoms with Gasteiger partial charge in [-0.2, -0.15) is 0 Å². The Morgan fingerprint density at radius 3 is 2.49 bits per heavy atom. The SMILES string of the molecule is CC(=O)O[C@@H]1[C@@H]2O[C@@H]2[C@@](C)(O)C(=O)[C@@H](C)C[C@@H]2O[C@H]2[C@H]2[C@@H]3O[C@]3(C)[C@@H](C)[C@H]3[C@H](Cc4ccccc4)NC(=O)[C@]321. The summed E-state index contributed by atoms with van der Waals surface area (Å²) in [6, 6.07) is 9.79. The molecule has 9 nitrogen and oxygen atoms in total. The lowest BCUT2D eigenvalue weighted by atomic mass is 9.50. The van der Waals surface area contributed by atoms with Crippen molar-refractivity contribution < 1.29 is 38.4 Å². The van der Waals surface area contributed by atoms with Gasteiger partial charge in [-0.25, -0.2) is 0 Å². The number of hydrogen-bond acceptors (Lipinski definition) is 8. The second-order valence-electron chi connectivity index (χ2n) is 13.1. The van der Waals surface area contributed by atoms with Crippen molar-refractivity contribution in [1.29, 1.82) is 0 Å². The number of carbonyl (C=O) groups is 3. The molecule has 0 bridgehead atoms. The second-order valence-corrected chi connectivity index (χ2v) is 13.1. The lowest BCUT2D eigenvalue weighted by molar-refractivity contribution is -0.175. The number of aliphatic hydroxyl groups is 1. The maximum Gasteiger partial charge on any atom is 0.303 e. The highest BCUT2D eigenvalue weighted by atomic mass is 16.6. The second kappa shape index (κ2) is 8.12. The normalized spacial score (nSPS) is 53.0. The minimum atomic E-state index is -1.79. The van der Waals surface area contributed by atoms with Gasteiger partial charge in [0.25, 0.3) is 0 Å². The number of carbonyl (C=O) groups excluding carboxylic acids is 3. The van der Waals surface area contributed by atoms with E-state index in [9.17, 15) is 19.5 Å². The van der Waals surface area contributed by atoms with Crippen LogP contribution in [0.2, 0.25) is 0 Å². The number of amides is 1. The van der Waals surface area contributed by atoms with Crippen LogP contribution in [0.5, 0.6) is 0 Å². The van der Waals surface area contributed by atoms with Crippen LogP contribution in [-0.2, 0) is 39.8 Å². The zero-order valence-electron chi connectivity index (χ0n) is 23.0. The number of benzene rings is 1. The summed E-state index contributed by atoms with van der Waals surface area (Å²) < 4.78 is 24.8. The van der Waals surface area contributed by atoms with Crippen LogP contribution in [0.1, 0.15) is 46.6 Å². The summed E-state index contributed by atoms with van der Waals surface area (Å²) in [5.74, 6) is -2.25. The molecule has 0 unspecified atom stereocenters. The van der Waals surface area contributed by atoms with E-state index in [0.717, 1.165) is 5.56 Å². The zero-order valence-corrected chi connectivity index (χ0v) is 23.0. The molecule has 4 aliphatic heterocycles. The molecule has 2 aliphatic carbocycles. The monoisotopic (exact) mass is 539 g/mol. The van der Waals surface area contributed by atoms with Crippen LogP contribution in [0.3, 0.4) is 0 Å². The summed E-state index contributed by atoms with van der Waals surface area (Å²) >= 11 is 0. The van der Waals surface area contributed by atoms with Gasteiger partial charge in [-0.05, 0) is 38.2 Å². The first kappa shape index (κ1) is 25.6. The van der Waals surface area contributed by atoms with Crippen LogP contribution in [0.25, 0.3) is 0 Å². The lowest BCUT2D eigenvalue weighted by Gasteiger charge is -2.50. The molecule has 210 valence electrons. The third-order valence-corrected chi connectivity index (χ3v) is 10.9. The number of epoxide rings is 3. The largest absolute Gasteiger partial charge is 0.458 e. The van der Waals surface area contributed by atoms with Crippen molar-refractivity contribution in [2.75, 3.05) is 0 Å². The Morgan fingerprint density at radius 2 is 1.79 bits per heavy atom. The summed E-state index contributed by atoms with van der Waals surface area (Å²) in [7, 11) is 0. The summed E-state index contributed by atoms with van der Waals surface area (Å²) in [6.45, 7) is 8.81. The van der Waals surface area contributed by atoms with Gasteiger partial charge in [-0.1, -0.05) is 44.2 Å². The van der Waals surface area contributed by atoms with E-state index in [2.05, 4.69) is 19.2 Å². The van der Waals surface area contributed by atoms with Gasteiger partial charge in [0.05, 0.1) is 23.9 Å². The Morgan fingerprint density at radius 1 is 1.08 bits per heavy atom. The van der Waals surface area contributed by atoms with Gasteiger partial charge in [0.1, 0.15) is 29.3 Å². The summed E-state index contributed by atoms with van der Waals surface area (Å²) in [6.07, 6.45) is -2.50. The molecule has 1 aromatic carbocycles. The van der Waals surface area contributed by atoms with Crippen LogP contribution in [0.4, 0.5) is 0 Å². The molecule has 14 atom stereocenters. The van der Waals surface area contributed by atoms with Crippen molar-refractivity contribution in [2.24, 2.45) is 29.1 Å². The minimum absolute atomic E-state index is 0.0509. The Bertz CT molecular complexity index is 1230. The molecule has 1 aromatic rings. The fourth-order valence-corrected chi connectivity index (χ4v) is 8.82. The number of hydrogen-bond donors (Lipinski definition) is 2. The van der Waals surface area contributed by atoms with E-state index < -0.39 is 52.7 Å². The van der Waals surface area contributed by atoms with Crippen LogP contribution >= 0.6 is 0 Å². The maximum atomic E-state index is 14.5. The van der Waals surface area contributed by atoms with Crippen molar-refractivity contribution >= 4 is 17.7 Å². The number of esters is 1. The number of nitrogens with one attached hydrogen (secondary N) is 1. The van der Waals surface area contributed by atoms with E-state index in [4.69, 9.17) is 18.9 Å². The average Bonchev–Trinajstić information content (AvgIpc) is 3.79. The Labute approximate surface area is 227 Å². The number of Topliss-reactive ketones (excluding diaryl/α,β-unsaturated/α-hetero) is 1. The maximum absolute atomic E-state index is 14.5. The van der Waals surface area contributed by atoms with Crippen LogP contribution in [0, 0.1) is 29.1 Å². The quantitative estimate of drug-likeness (QED) is 0.438. The van der Waals surface area contributed by atoms with E-state index in [1.54, 1.807) is 6.92 Å². The highest BCUT2D eigenvalue weighted by molar-refractivity contribution is 5.91. The smallest absolute Gasteiger partial charge is 0.303 e. The summed E-state index contributed by atoms with van der Waals surface area (Å²) in [5.41, 5.74) is -2.36. The van der Waals surface area contributed by atoms with Crippen molar-refractivity contribution in [1.82, 2.24) is 5.32 Å². The molecular weight excluding hydrogens is 502 g/mol. The van der Waals surface area contributed by atoms with E-state index in [-0.39, 0.29) is 47.9 Å². The van der Waals surface area contributed by atoms with E-state index in [1.807, 2.05) is 30.3 Å². The lowest BCUT2D eigenvalue weighted by Crippen LogP contribution is -2.64. The van der Waals surface area contributed by atoms with Crippen molar-refractivity contribution in [2.45, 2.75) is 101 Å². The highest BCUT2D eigenvalue weighted by Gasteiger charge is 2.84. The van der Waals surface area contributed by atoms with E-state index in [0.29, 0.717) is 12.8 Å². The van der Waals surface area contributed by atoms with Crippen LogP contribution in [0.15, 0.2) is 30.3 Å². The predicted molar refractivity (Wildman–Crippen MR) is 136 cm³/mol. The van der Waals surface area contributed by atoms with Gasteiger partial charge in [0.15, 0.2) is 5.78 Å². The van der Waals surface area contributed by atoms with Crippen LogP contribution in [-0.4, -0.2) is 76.6 Å². The molecule has 9 heteroatoms. The topological polar surface area (TPSA) is 130 Å². The standard InChI is InChI=1S/C30H37NO8/c1-13-11-18-21(37-18)20-24-29(5,39-24)14(2)19-17(12-16-9-7-6-8-10-16)31-27(34)30(19,20)26(36-15(3)32)22-25(38-22)28(4,35)23(13)33/h6-10,13-14,17-22,24-26,35H,11-12H2,1-5H3,(H,31,34)/t13-,14-,17-,18-,19-,20-,21+,22+,24-,25-,26+,28-,29+,30+/m0/s1. The predicted octanol–water partition coefficient (Wildman–Crippen LogP) is 1.58. The number of ketones is 1. The molecule has 7 rings (SSSR count). The van der Waals surface area contributed by atoms with Crippen molar-refractivity contribution in [3.63, 3.8) is 0 Å². The molecule has 6 aliphatic rings. The molecule has 1 spiro atoms. The van der Waals surface area contributed by atoms with Gasteiger partial charge in [0, 0.05) is 30.7 Å². The number of rotatable bonds is 3. The Hall–Kier alpha value is -2.33. The Balaban J connectivity index is 1.40. The summed E-state index contributed by atoms with van der Waals surface area (Å²) in [4.78, 5) is 40.5. The fraction of sp³-hybridized carbons (Fsp3) is 0.700. The molecule has 0 radical (unpaired) electrons. The molecule has 4 heterocycles. The fourth-order valence-electron chi connectivity index (χ4n) is 8.82. The van der Waals surface area contributed by atoms with Crippen LogP contribution < -0.4 is 5.32 Å². The van der Waals surface area contributed by atoms with E-state index >= 15 is 0 Å². The zero-order chi connectivity index (χ0) is 27.6. The van der Waals surface area contributed by atoms with Gasteiger partial charge in [-0.3, -0.25) is 14.4 Å². The molecule has 6 fully saturated rings. The molecule has 1 amide bonds. The first-order valence-electron chi connectivity index (χ1n) is 14.2. The molecule has 2 saturated carbocycles. The third kappa shape index (κ3) is 3.42. The number of ether oxygens (including phenoxy) is 4. The summed E-state index contributed by atoms with van der Waals surface area (Å²) in [5, 5.41) is 14.7. The van der Waals surface area contributed by atoms with Gasteiger partial charge in [-0.15, -0.1) is 0 Å². The molecule has 4 saturated heterocycles. The molecule has 39 heavy (non-hydrogen) atoms. The van der Waals surface area contributed by atoms with Gasteiger partial charge >= 0.3 is 5.97 Å². The molecule has 0 aromatic heterocycles. The van der Waals surface area contributed by atoms with Crippen molar-refractivity contribution in [3.05, 3.63) is 35.9 Å². The highest BCUT2D eigenvalue weighted by Crippen LogP contribution is 2.70. The first-order chi connectivity index (χ1) is 18.4. The van der Waals surface area contributed by atoms with Crippen molar-refractivity contribution in [3.8, 4) is 0 Å². The Kier molecular flexibility index (Phi) is 5.33. The average molecular weight is 540 g/mol. The van der Waals surface area contributed by atoms with E-state index in [1.165, 1.54) is 13.8 Å². The minimum Gasteiger partial charge on any atom is -0.458 e. The molecule has 2 N–H and O–H groups in total. The third-order valence-electron chi connectivity index (χ3n) is 10.9.